The molecule has 0 fully saturated rings. The van der Waals surface area contributed by atoms with Crippen LogP contribution in [0.25, 0.3) is 0 Å². The second-order valence-electron chi connectivity index (χ2n) is 2.34. The Hall–Kier alpha value is -1.43. The highest BCUT2D eigenvalue weighted by Gasteiger charge is 2.09. The van der Waals surface area contributed by atoms with E-state index in [0.29, 0.717) is 0 Å². The second-order valence-corrected chi connectivity index (χ2v) is 2.34. The summed E-state index contributed by atoms with van der Waals surface area (Å²) in [5, 5.41) is 8.13. The van der Waals surface area contributed by atoms with Gasteiger partial charge in [0.25, 0.3) is 0 Å². The second kappa shape index (κ2) is 6.13. The van der Waals surface area contributed by atoms with E-state index in [1.165, 1.54) is 0 Å². The van der Waals surface area contributed by atoms with Gasteiger partial charge in [0, 0.05) is 6.42 Å². The molecular formula is C7H12NO5+. The third kappa shape index (κ3) is 6.95. The average Bonchev–Trinajstić information content (AvgIpc) is 2.10. The molecule has 4 N–H and O–H groups in total. The Bertz CT molecular complexity index is 213. The fourth-order valence-electron chi connectivity index (χ4n) is 0.581. The Balaban J connectivity index is 3.52. The molecule has 0 aliphatic rings. The maximum Gasteiger partial charge on any atom is 0.341 e. The molecule has 0 rings (SSSR count). The molecule has 74 valence electrons. The molecule has 0 unspecified atom stereocenters. The molecule has 0 heterocycles. The Morgan fingerprint density at radius 2 is 1.85 bits per heavy atom. The summed E-state index contributed by atoms with van der Waals surface area (Å²) in [6, 6.07) is 0. The van der Waals surface area contributed by atoms with Gasteiger partial charge in [0.1, 0.15) is 6.54 Å². The molecule has 0 aromatic carbocycles. The summed E-state index contributed by atoms with van der Waals surface area (Å²) in [6.45, 7) is -0.524. The topological polar surface area (TPSA) is 108 Å². The Labute approximate surface area is 74.7 Å². The number of hydrogen-bond donors (Lipinski definition) is 2. The van der Waals surface area contributed by atoms with E-state index in [1.807, 2.05) is 0 Å². The normalized spacial score (nSPS) is 9.31. The number of esters is 1. The lowest BCUT2D eigenvalue weighted by Gasteiger charge is -1.99. The Kier molecular flexibility index (Phi) is 5.45. The van der Waals surface area contributed by atoms with Gasteiger partial charge in [-0.2, -0.15) is 0 Å². The van der Waals surface area contributed by atoms with Gasteiger partial charge >= 0.3 is 11.9 Å². The highest BCUT2D eigenvalue weighted by Crippen LogP contribution is 1.93. The van der Waals surface area contributed by atoms with Crippen LogP contribution in [0.5, 0.6) is 0 Å². The molecule has 6 heteroatoms. The molecule has 0 saturated heterocycles. The number of hydrogen-bond acceptors (Lipinski definition) is 4. The maximum atomic E-state index is 10.7. The van der Waals surface area contributed by atoms with Gasteiger partial charge in [0.05, 0.1) is 6.42 Å². The van der Waals surface area contributed by atoms with Gasteiger partial charge in [-0.25, -0.2) is 4.79 Å². The van der Waals surface area contributed by atoms with Crippen molar-refractivity contribution in [1.29, 1.82) is 0 Å². The van der Waals surface area contributed by atoms with Crippen LogP contribution in [-0.4, -0.2) is 36.0 Å². The number of rotatable bonds is 6. The lowest BCUT2D eigenvalue weighted by Crippen LogP contribution is -2.54. The summed E-state index contributed by atoms with van der Waals surface area (Å²) in [4.78, 5) is 31.3. The van der Waals surface area contributed by atoms with Crippen molar-refractivity contribution in [3.05, 3.63) is 0 Å². The molecule has 13 heavy (non-hydrogen) atoms. The van der Waals surface area contributed by atoms with Crippen molar-refractivity contribution in [3.8, 4) is 0 Å². The van der Waals surface area contributed by atoms with Crippen molar-refractivity contribution in [2.24, 2.45) is 0 Å². The smallest absolute Gasteiger partial charge is 0.341 e. The SMILES string of the molecule is [NH3+]CC(=O)CCC(=O)OCC(=O)O. The van der Waals surface area contributed by atoms with Crippen LogP contribution in [0.3, 0.4) is 0 Å². The molecule has 0 saturated carbocycles. The van der Waals surface area contributed by atoms with Gasteiger partial charge in [-0.05, 0) is 0 Å². The Morgan fingerprint density at radius 1 is 1.23 bits per heavy atom. The van der Waals surface area contributed by atoms with Crippen LogP contribution in [0.4, 0.5) is 0 Å². The van der Waals surface area contributed by atoms with Crippen LogP contribution in [0, 0.1) is 0 Å². The standard InChI is InChI=1S/C7H11NO5/c8-3-5(9)1-2-7(12)13-4-6(10)11/h1-4,8H2,(H,10,11)/p+1. The molecule has 0 aliphatic heterocycles. The maximum absolute atomic E-state index is 10.7. The monoisotopic (exact) mass is 190 g/mol. The van der Waals surface area contributed by atoms with Gasteiger partial charge in [-0.15, -0.1) is 0 Å². The first-order valence-corrected chi connectivity index (χ1v) is 3.74. The minimum absolute atomic E-state index is 0.0575. The molecule has 6 nitrogen and oxygen atoms in total. The number of carbonyl (C=O) groups excluding carboxylic acids is 2. The number of carboxylic acids is 1. The fourth-order valence-corrected chi connectivity index (χ4v) is 0.581. The van der Waals surface area contributed by atoms with Crippen molar-refractivity contribution >= 4 is 17.7 Å². The van der Waals surface area contributed by atoms with E-state index in [4.69, 9.17) is 5.11 Å². The summed E-state index contributed by atoms with van der Waals surface area (Å²) in [7, 11) is 0. The van der Waals surface area contributed by atoms with Crippen molar-refractivity contribution in [2.45, 2.75) is 12.8 Å². The van der Waals surface area contributed by atoms with Gasteiger partial charge in [-0.1, -0.05) is 0 Å². The first-order chi connectivity index (χ1) is 6.06. The van der Waals surface area contributed by atoms with E-state index in [9.17, 15) is 14.4 Å². The summed E-state index contributed by atoms with van der Waals surface area (Å²) >= 11 is 0. The van der Waals surface area contributed by atoms with E-state index in [2.05, 4.69) is 10.5 Å². The molecule has 0 radical (unpaired) electrons. The molecule has 0 spiro atoms. The van der Waals surface area contributed by atoms with Crippen LogP contribution < -0.4 is 5.73 Å². The number of ether oxygens (including phenoxy) is 1. The number of aliphatic carboxylic acids is 1. The quantitative estimate of drug-likeness (QED) is 0.480. The van der Waals surface area contributed by atoms with E-state index in [0.717, 1.165) is 0 Å². The number of Topliss-reactive ketones (excluding diaryl/α,β-unsaturated/α-hetero) is 1. The van der Waals surface area contributed by atoms with Crippen LogP contribution >= 0.6 is 0 Å². The van der Waals surface area contributed by atoms with Crippen molar-refractivity contribution in [1.82, 2.24) is 0 Å². The first-order valence-electron chi connectivity index (χ1n) is 3.74. The van der Waals surface area contributed by atoms with Crippen molar-refractivity contribution in [2.75, 3.05) is 13.2 Å². The zero-order valence-electron chi connectivity index (χ0n) is 7.12. The molecule has 0 aromatic heterocycles. The molecule has 0 amide bonds. The molecule has 0 aromatic rings. The Morgan fingerprint density at radius 3 is 2.31 bits per heavy atom. The number of ketones is 1. The lowest BCUT2D eigenvalue weighted by molar-refractivity contribution is -0.354. The highest BCUT2D eigenvalue weighted by atomic mass is 16.5. The average molecular weight is 190 g/mol. The lowest BCUT2D eigenvalue weighted by atomic mass is 10.2. The van der Waals surface area contributed by atoms with Gasteiger partial charge < -0.3 is 15.6 Å². The highest BCUT2D eigenvalue weighted by molar-refractivity contribution is 5.84. The summed E-state index contributed by atoms with van der Waals surface area (Å²) < 4.78 is 4.29. The van der Waals surface area contributed by atoms with E-state index >= 15 is 0 Å². The minimum atomic E-state index is -1.21. The zero-order chi connectivity index (χ0) is 10.3. The summed E-state index contributed by atoms with van der Waals surface area (Å²) in [5.41, 5.74) is 3.34. The van der Waals surface area contributed by atoms with E-state index in [1.54, 1.807) is 0 Å². The third-order valence-corrected chi connectivity index (χ3v) is 1.24. The predicted molar refractivity (Wildman–Crippen MR) is 40.6 cm³/mol. The van der Waals surface area contributed by atoms with Crippen LogP contribution in [0.2, 0.25) is 0 Å². The molecule has 0 atom stereocenters. The van der Waals surface area contributed by atoms with Crippen LogP contribution in [0.1, 0.15) is 12.8 Å². The van der Waals surface area contributed by atoms with E-state index in [-0.39, 0.29) is 25.2 Å². The molecule has 0 aliphatic carbocycles. The summed E-state index contributed by atoms with van der Waals surface area (Å²) in [5.74, 6) is -2.03. The van der Waals surface area contributed by atoms with Gasteiger partial charge in [-0.3, -0.25) is 9.59 Å². The van der Waals surface area contributed by atoms with Gasteiger partial charge in [0.15, 0.2) is 12.4 Å². The van der Waals surface area contributed by atoms with Crippen LogP contribution in [-0.2, 0) is 19.1 Å². The zero-order valence-corrected chi connectivity index (χ0v) is 7.12. The third-order valence-electron chi connectivity index (χ3n) is 1.24. The first kappa shape index (κ1) is 11.6. The number of carbonyl (C=O) groups is 3. The predicted octanol–water partition coefficient (Wildman–Crippen LogP) is -1.79. The van der Waals surface area contributed by atoms with Crippen molar-refractivity contribution in [3.63, 3.8) is 0 Å². The van der Waals surface area contributed by atoms with Crippen LogP contribution in [0.15, 0.2) is 0 Å². The largest absolute Gasteiger partial charge is 0.479 e. The number of carboxylic acid groups (broad SMARTS) is 1. The summed E-state index contributed by atoms with van der Waals surface area (Å²) in [6.07, 6.45) is -0.0242. The number of quaternary nitrogens is 1. The minimum Gasteiger partial charge on any atom is -0.479 e. The molecular weight excluding hydrogens is 178 g/mol. The van der Waals surface area contributed by atoms with Gasteiger partial charge in [0.2, 0.25) is 0 Å². The van der Waals surface area contributed by atoms with Crippen molar-refractivity contribution < 1.29 is 30.0 Å². The van der Waals surface area contributed by atoms with E-state index < -0.39 is 18.5 Å². The fraction of sp³-hybridized carbons (Fsp3) is 0.571. The molecule has 0 bridgehead atoms.